The number of nitrogen functional groups attached to an aromatic ring is 1. The van der Waals surface area contributed by atoms with Crippen LogP contribution in [0.25, 0.3) is 10.6 Å². The molecule has 0 spiro atoms. The summed E-state index contributed by atoms with van der Waals surface area (Å²) in [6, 6.07) is 9.02. The van der Waals surface area contributed by atoms with Gasteiger partial charge in [-0.25, -0.2) is 4.98 Å². The van der Waals surface area contributed by atoms with Crippen LogP contribution in [0.1, 0.15) is 92.9 Å². The monoisotopic (exact) mass is 873 g/mol. The number of anilines is 1. The van der Waals surface area contributed by atoms with Crippen LogP contribution in [0.5, 0.6) is 0 Å². The van der Waals surface area contributed by atoms with Crippen molar-refractivity contribution < 1.29 is 48.3 Å². The summed E-state index contributed by atoms with van der Waals surface area (Å²) < 4.78 is 33.0. The van der Waals surface area contributed by atoms with Crippen molar-refractivity contribution in [1.29, 1.82) is 0 Å². The van der Waals surface area contributed by atoms with E-state index in [0.29, 0.717) is 30.9 Å². The lowest BCUT2D eigenvalue weighted by Crippen LogP contribution is -2.60. The Balaban J connectivity index is 1.61. The van der Waals surface area contributed by atoms with Crippen molar-refractivity contribution in [2.75, 3.05) is 46.1 Å². The highest BCUT2D eigenvalue weighted by atomic mass is 32.1. The SMILES string of the molecule is CCCN1C[C@H](C)[C@@H]2OC/C(=N\OCc3ccc(-c4cccc(N)n4)s3)CO[C@](C)(C[C@H]1C)[C@H](O[C@@H]1O[C@H](C)C[C@H](N(C)C)[C@H]1O)[C@@H](C)C(=O)[C@@H](C)C(=O)O[C@H](CC)[C@@]2(C)O. The third kappa shape index (κ3) is 11.8. The summed E-state index contributed by atoms with van der Waals surface area (Å²) >= 11 is 1.51. The summed E-state index contributed by atoms with van der Waals surface area (Å²) in [6.45, 7) is 18.1. The molecule has 4 fully saturated rings. The number of thiophene rings is 1. The molecule has 2 bridgehead atoms. The van der Waals surface area contributed by atoms with Crippen molar-refractivity contribution in [3.8, 4) is 10.6 Å². The second-order valence-corrected chi connectivity index (χ2v) is 19.3. The van der Waals surface area contributed by atoms with Crippen molar-refractivity contribution in [2.24, 2.45) is 22.9 Å². The molecule has 4 N–H and O–H groups in total. The van der Waals surface area contributed by atoms with Gasteiger partial charge in [-0.15, -0.1) is 11.3 Å². The van der Waals surface area contributed by atoms with Crippen molar-refractivity contribution in [1.82, 2.24) is 14.8 Å². The molecule has 0 radical (unpaired) electrons. The molecule has 342 valence electrons. The third-order valence-electron chi connectivity index (χ3n) is 12.7. The molecule has 4 saturated heterocycles. The molecule has 6 rings (SSSR count). The summed E-state index contributed by atoms with van der Waals surface area (Å²) in [5, 5.41) is 28.8. The second-order valence-electron chi connectivity index (χ2n) is 18.1. The zero-order valence-corrected chi connectivity index (χ0v) is 38.9. The number of hydrogen-bond acceptors (Lipinski definition) is 16. The summed E-state index contributed by atoms with van der Waals surface area (Å²) in [5.41, 5.74) is 4.19. The van der Waals surface area contributed by atoms with E-state index in [-0.39, 0.29) is 50.3 Å². The summed E-state index contributed by atoms with van der Waals surface area (Å²) in [7, 11) is 3.80. The van der Waals surface area contributed by atoms with Gasteiger partial charge in [0.1, 0.15) is 35.3 Å². The number of pyridine rings is 1. The summed E-state index contributed by atoms with van der Waals surface area (Å²) in [5.74, 6) is -3.16. The number of nitrogens with zero attached hydrogens (tertiary/aromatic N) is 4. The van der Waals surface area contributed by atoms with Gasteiger partial charge in [-0.05, 0) is 111 Å². The molecule has 0 amide bonds. The number of ketones is 1. The molecular weight excluding hydrogens is 803 g/mol. The third-order valence-corrected chi connectivity index (χ3v) is 13.7. The molecule has 0 unspecified atom stereocenters. The number of aliphatic hydroxyl groups excluding tert-OH is 1. The zero-order chi connectivity index (χ0) is 44.8. The molecule has 13 atom stereocenters. The van der Waals surface area contributed by atoms with Crippen LogP contribution in [0.2, 0.25) is 0 Å². The fraction of sp³-hybridized carbons (Fsp3) is 0.733. The first-order valence-corrected chi connectivity index (χ1v) is 22.7. The van der Waals surface area contributed by atoms with Gasteiger partial charge < -0.3 is 54.3 Å². The standard InChI is InChI=1S/C45H71N5O10S/c1-12-19-50-22-26(3)40-45(9,54)36(13-2)59-42(53)30(7)38(51)29(6)41(60-43-39(52)34(49(10)11)20-28(5)58-43)44(8,21-27(50)4)56-24-31(23-55-40)48-57-25-32-17-18-35(61-32)33-15-14-16-37(46)47-33/h14-18,26-30,34,36,39-41,43,52,54H,12-13,19-25H2,1-11H3,(H2,46,47)/b48-31+/t26-,27+,28+,29-,30+,34-,36+,39+,40-,41+,43-,44+,45+/m0/s1. The minimum absolute atomic E-state index is 0.0826. The Kier molecular flexibility index (Phi) is 16.9. The Hall–Kier alpha value is -3.06. The molecule has 4 aliphatic rings. The smallest absolute Gasteiger partial charge is 0.316 e. The van der Waals surface area contributed by atoms with Crippen molar-refractivity contribution >= 4 is 34.6 Å². The number of oxime groups is 1. The van der Waals surface area contributed by atoms with Gasteiger partial charge in [0.15, 0.2) is 18.7 Å². The van der Waals surface area contributed by atoms with E-state index in [4.69, 9.17) is 34.3 Å². The number of carbonyl (C=O) groups excluding carboxylic acids is 2. The van der Waals surface area contributed by atoms with Crippen LogP contribution in [0, 0.1) is 17.8 Å². The minimum atomic E-state index is -1.67. The van der Waals surface area contributed by atoms with E-state index >= 15 is 0 Å². The fourth-order valence-corrected chi connectivity index (χ4v) is 10.2. The van der Waals surface area contributed by atoms with Crippen LogP contribution < -0.4 is 5.73 Å². The van der Waals surface area contributed by atoms with Gasteiger partial charge in [0, 0.05) is 29.4 Å². The number of fused-ring (bicyclic) bond motifs is 15. The molecule has 16 heteroatoms. The highest BCUT2D eigenvalue weighted by Gasteiger charge is 2.52. The molecule has 6 heterocycles. The summed E-state index contributed by atoms with van der Waals surface area (Å²) in [6.07, 6.45) is -3.17. The summed E-state index contributed by atoms with van der Waals surface area (Å²) in [4.78, 5) is 45.1. The maximum atomic E-state index is 14.6. The largest absolute Gasteiger partial charge is 0.459 e. The zero-order valence-electron chi connectivity index (χ0n) is 38.0. The first kappa shape index (κ1) is 49.0. The van der Waals surface area contributed by atoms with E-state index in [1.54, 1.807) is 19.9 Å². The van der Waals surface area contributed by atoms with Crippen LogP contribution in [0.4, 0.5) is 5.82 Å². The first-order valence-electron chi connectivity index (χ1n) is 21.9. The molecule has 15 nitrogen and oxygen atoms in total. The average molecular weight is 874 g/mol. The Morgan fingerprint density at radius 3 is 2.49 bits per heavy atom. The molecule has 2 aromatic heterocycles. The number of nitrogens with two attached hydrogens (primary N) is 1. The van der Waals surface area contributed by atoms with Gasteiger partial charge in [-0.1, -0.05) is 38.9 Å². The number of aromatic nitrogens is 1. The molecule has 0 saturated carbocycles. The number of esters is 1. The van der Waals surface area contributed by atoms with Gasteiger partial charge in [-0.3, -0.25) is 9.59 Å². The Bertz CT molecular complexity index is 1790. The highest BCUT2D eigenvalue weighted by Crippen LogP contribution is 2.38. The van der Waals surface area contributed by atoms with Crippen LogP contribution in [0.15, 0.2) is 35.5 Å². The van der Waals surface area contributed by atoms with Crippen LogP contribution in [0.3, 0.4) is 0 Å². The Morgan fingerprint density at radius 2 is 1.82 bits per heavy atom. The van der Waals surface area contributed by atoms with E-state index in [1.807, 2.05) is 71.0 Å². The van der Waals surface area contributed by atoms with Gasteiger partial charge >= 0.3 is 5.97 Å². The van der Waals surface area contributed by atoms with Crippen molar-refractivity contribution in [3.05, 3.63) is 35.2 Å². The molecule has 0 aromatic carbocycles. The van der Waals surface area contributed by atoms with E-state index in [1.165, 1.54) is 18.3 Å². The lowest BCUT2D eigenvalue weighted by Gasteiger charge is -2.48. The lowest BCUT2D eigenvalue weighted by atomic mass is 9.79. The van der Waals surface area contributed by atoms with Crippen LogP contribution in [-0.2, 0) is 44.7 Å². The van der Waals surface area contributed by atoms with E-state index in [2.05, 4.69) is 28.9 Å². The number of hydrogen-bond donors (Lipinski definition) is 3. The molecule has 61 heavy (non-hydrogen) atoms. The van der Waals surface area contributed by atoms with Crippen LogP contribution in [-0.4, -0.2) is 143 Å². The lowest BCUT2D eigenvalue weighted by molar-refractivity contribution is -0.296. The van der Waals surface area contributed by atoms with Crippen LogP contribution >= 0.6 is 11.3 Å². The number of likely N-dealkylation sites (N-methyl/N-ethyl adjacent to an activating group) is 1. The Labute approximate surface area is 366 Å². The average Bonchev–Trinajstić information content (AvgIpc) is 3.68. The maximum Gasteiger partial charge on any atom is 0.316 e. The topological polar surface area (TPSA) is 188 Å². The van der Waals surface area contributed by atoms with Gasteiger partial charge in [-0.2, -0.15) is 0 Å². The molecule has 0 aliphatic carbocycles. The molecule has 4 aliphatic heterocycles. The van der Waals surface area contributed by atoms with E-state index < -0.39 is 65.5 Å². The number of carbonyl (C=O) groups is 2. The predicted molar refractivity (Wildman–Crippen MR) is 235 cm³/mol. The predicted octanol–water partition coefficient (Wildman–Crippen LogP) is 5.30. The first-order chi connectivity index (χ1) is 28.8. The van der Waals surface area contributed by atoms with Gasteiger partial charge in [0.05, 0.1) is 47.7 Å². The Morgan fingerprint density at radius 1 is 1.08 bits per heavy atom. The van der Waals surface area contributed by atoms with E-state index in [0.717, 1.165) is 28.4 Å². The number of aliphatic hydroxyl groups is 2. The maximum absolute atomic E-state index is 14.6. The molecule has 2 aromatic rings. The van der Waals surface area contributed by atoms with Crippen molar-refractivity contribution in [3.63, 3.8) is 0 Å². The minimum Gasteiger partial charge on any atom is -0.459 e. The van der Waals surface area contributed by atoms with Gasteiger partial charge in [0.25, 0.3) is 0 Å². The number of ether oxygens (including phenoxy) is 5. The quantitative estimate of drug-likeness (QED) is 0.159. The normalized spacial score (nSPS) is 37.1. The van der Waals surface area contributed by atoms with Gasteiger partial charge in [0.2, 0.25) is 0 Å². The number of Topliss-reactive ketones (excluding diaryl/α,β-unsaturated/α-hetero) is 1. The molecular formula is C45H71N5O10S. The highest BCUT2D eigenvalue weighted by molar-refractivity contribution is 7.15. The van der Waals surface area contributed by atoms with Crippen molar-refractivity contribution in [2.45, 2.75) is 155 Å². The van der Waals surface area contributed by atoms with E-state index in [9.17, 15) is 19.8 Å². The number of rotatable bonds is 10. The fourth-order valence-electron chi connectivity index (χ4n) is 9.31. The second kappa shape index (κ2) is 21.1.